The molecule has 0 unspecified atom stereocenters. The Hall–Kier alpha value is -2.06. The van der Waals surface area contributed by atoms with Crippen molar-refractivity contribution in [2.75, 3.05) is 0 Å². The molecule has 0 atom stereocenters. The number of rotatable bonds is 3. The van der Waals surface area contributed by atoms with E-state index in [-0.39, 0.29) is 11.5 Å². The third-order valence-corrected chi connectivity index (χ3v) is 2.68. The van der Waals surface area contributed by atoms with Crippen LogP contribution in [0.1, 0.15) is 15.9 Å². The van der Waals surface area contributed by atoms with E-state index in [4.69, 9.17) is 11.6 Å². The van der Waals surface area contributed by atoms with Crippen molar-refractivity contribution in [3.8, 4) is 5.75 Å². The average molecular weight is 259 g/mol. The maximum absolute atomic E-state index is 11.8. The molecule has 0 aliphatic carbocycles. The fourth-order valence-electron chi connectivity index (χ4n) is 1.51. The summed E-state index contributed by atoms with van der Waals surface area (Å²) in [4.78, 5) is 11.8. The zero-order valence-electron chi connectivity index (χ0n) is 9.51. The predicted molar refractivity (Wildman–Crippen MR) is 72.9 cm³/mol. The van der Waals surface area contributed by atoms with Crippen molar-refractivity contribution in [1.82, 2.24) is 0 Å². The van der Waals surface area contributed by atoms with E-state index in [0.717, 1.165) is 5.56 Å². The van der Waals surface area contributed by atoms with Crippen molar-refractivity contribution in [3.63, 3.8) is 0 Å². The Labute approximate surface area is 110 Å². The Bertz CT molecular complexity index is 586. The molecule has 0 saturated carbocycles. The summed E-state index contributed by atoms with van der Waals surface area (Å²) >= 11 is 5.75. The third kappa shape index (κ3) is 3.22. The summed E-state index contributed by atoms with van der Waals surface area (Å²) in [7, 11) is 0. The van der Waals surface area contributed by atoms with E-state index in [9.17, 15) is 9.90 Å². The van der Waals surface area contributed by atoms with Gasteiger partial charge >= 0.3 is 0 Å². The van der Waals surface area contributed by atoms with Gasteiger partial charge in [-0.25, -0.2) is 0 Å². The summed E-state index contributed by atoms with van der Waals surface area (Å²) in [5.41, 5.74) is 1.35. The molecule has 0 amide bonds. The predicted octanol–water partition coefficient (Wildman–Crippen LogP) is 3.94. The molecular weight excluding hydrogens is 248 g/mol. The van der Waals surface area contributed by atoms with Crippen molar-refractivity contribution in [3.05, 3.63) is 70.8 Å². The summed E-state index contributed by atoms with van der Waals surface area (Å²) < 4.78 is 0. The Morgan fingerprint density at radius 1 is 1.11 bits per heavy atom. The molecule has 0 bridgehead atoms. The van der Waals surface area contributed by atoms with Gasteiger partial charge in [-0.3, -0.25) is 4.79 Å². The molecule has 0 fully saturated rings. The van der Waals surface area contributed by atoms with Crippen LogP contribution in [0, 0.1) is 0 Å². The summed E-state index contributed by atoms with van der Waals surface area (Å²) in [6, 6.07) is 13.4. The minimum absolute atomic E-state index is 0.102. The van der Waals surface area contributed by atoms with E-state index < -0.39 is 0 Å². The SMILES string of the molecule is O=C(C=Cc1cccc(O)c1)c1ccc(Cl)cc1. The van der Waals surface area contributed by atoms with Crippen molar-refractivity contribution < 1.29 is 9.90 Å². The molecule has 90 valence electrons. The smallest absolute Gasteiger partial charge is 0.185 e. The van der Waals surface area contributed by atoms with Crippen LogP contribution in [0.4, 0.5) is 0 Å². The van der Waals surface area contributed by atoms with Crippen LogP contribution in [-0.2, 0) is 0 Å². The van der Waals surface area contributed by atoms with Crippen LogP contribution in [0.15, 0.2) is 54.6 Å². The monoisotopic (exact) mass is 258 g/mol. The number of phenolic OH excluding ortho intramolecular Hbond substituents is 1. The molecule has 0 radical (unpaired) electrons. The number of ketones is 1. The van der Waals surface area contributed by atoms with E-state index in [1.165, 1.54) is 6.08 Å². The van der Waals surface area contributed by atoms with Crippen LogP contribution in [0.2, 0.25) is 5.02 Å². The molecule has 0 spiro atoms. The summed E-state index contributed by atoms with van der Waals surface area (Å²) in [6.07, 6.45) is 3.13. The number of phenols is 1. The number of carbonyl (C=O) groups is 1. The van der Waals surface area contributed by atoms with Gasteiger partial charge in [0.25, 0.3) is 0 Å². The van der Waals surface area contributed by atoms with Crippen LogP contribution < -0.4 is 0 Å². The number of benzene rings is 2. The molecular formula is C15H11ClO2. The molecule has 2 aromatic rings. The molecule has 0 heterocycles. The average Bonchev–Trinajstić information content (AvgIpc) is 2.37. The van der Waals surface area contributed by atoms with Crippen LogP contribution >= 0.6 is 11.6 Å². The van der Waals surface area contributed by atoms with Crippen molar-refractivity contribution in [2.24, 2.45) is 0 Å². The normalized spacial score (nSPS) is 10.7. The highest BCUT2D eigenvalue weighted by molar-refractivity contribution is 6.30. The third-order valence-electron chi connectivity index (χ3n) is 2.43. The highest BCUT2D eigenvalue weighted by Crippen LogP contribution is 2.14. The highest BCUT2D eigenvalue weighted by atomic mass is 35.5. The summed E-state index contributed by atoms with van der Waals surface area (Å²) in [5, 5.41) is 9.89. The molecule has 2 rings (SSSR count). The van der Waals surface area contributed by atoms with E-state index in [2.05, 4.69) is 0 Å². The maximum Gasteiger partial charge on any atom is 0.185 e. The number of hydrogen-bond donors (Lipinski definition) is 1. The molecule has 0 saturated heterocycles. The Morgan fingerprint density at radius 3 is 2.50 bits per heavy atom. The highest BCUT2D eigenvalue weighted by Gasteiger charge is 2.00. The largest absolute Gasteiger partial charge is 0.508 e. The lowest BCUT2D eigenvalue weighted by molar-refractivity contribution is 0.104. The van der Waals surface area contributed by atoms with Crippen LogP contribution in [0.3, 0.4) is 0 Å². The summed E-state index contributed by atoms with van der Waals surface area (Å²) in [5.74, 6) is 0.0751. The lowest BCUT2D eigenvalue weighted by Gasteiger charge is -1.97. The van der Waals surface area contributed by atoms with Gasteiger partial charge in [-0.1, -0.05) is 29.8 Å². The van der Waals surface area contributed by atoms with Gasteiger partial charge in [0, 0.05) is 10.6 Å². The fourth-order valence-corrected chi connectivity index (χ4v) is 1.64. The Balaban J connectivity index is 2.14. The van der Waals surface area contributed by atoms with Gasteiger partial charge in [0.05, 0.1) is 0 Å². The first-order valence-electron chi connectivity index (χ1n) is 5.42. The molecule has 18 heavy (non-hydrogen) atoms. The van der Waals surface area contributed by atoms with Crippen molar-refractivity contribution in [2.45, 2.75) is 0 Å². The number of halogens is 1. The fraction of sp³-hybridized carbons (Fsp3) is 0. The zero-order valence-corrected chi connectivity index (χ0v) is 10.3. The number of allylic oxidation sites excluding steroid dienone is 1. The molecule has 1 N–H and O–H groups in total. The molecule has 0 aliphatic heterocycles. The van der Waals surface area contributed by atoms with Gasteiger partial charge in [0.1, 0.15) is 5.75 Å². The minimum Gasteiger partial charge on any atom is -0.508 e. The standard InChI is InChI=1S/C15H11ClO2/c16-13-7-5-12(6-8-13)15(18)9-4-11-2-1-3-14(17)10-11/h1-10,17H. The molecule has 0 aromatic heterocycles. The number of carbonyl (C=O) groups excluding carboxylic acids is 1. The molecule has 2 aromatic carbocycles. The maximum atomic E-state index is 11.8. The topological polar surface area (TPSA) is 37.3 Å². The van der Waals surface area contributed by atoms with E-state index >= 15 is 0 Å². The molecule has 0 aliphatic rings. The lowest BCUT2D eigenvalue weighted by atomic mass is 10.1. The van der Waals surface area contributed by atoms with E-state index in [0.29, 0.717) is 10.6 Å². The lowest BCUT2D eigenvalue weighted by Crippen LogP contribution is -1.92. The first-order valence-corrected chi connectivity index (χ1v) is 5.80. The summed E-state index contributed by atoms with van der Waals surface area (Å²) in [6.45, 7) is 0. The van der Waals surface area contributed by atoms with Gasteiger partial charge in [0.15, 0.2) is 5.78 Å². The second kappa shape index (κ2) is 5.52. The van der Waals surface area contributed by atoms with Gasteiger partial charge < -0.3 is 5.11 Å². The van der Waals surface area contributed by atoms with E-state index in [1.54, 1.807) is 48.5 Å². The quantitative estimate of drug-likeness (QED) is 0.669. The molecule has 3 heteroatoms. The second-order valence-corrected chi connectivity index (χ2v) is 4.24. The molecule has 2 nitrogen and oxygen atoms in total. The number of aromatic hydroxyl groups is 1. The first-order chi connectivity index (χ1) is 8.65. The van der Waals surface area contributed by atoms with Gasteiger partial charge in [-0.15, -0.1) is 0 Å². The Kier molecular flexibility index (Phi) is 3.80. The Morgan fingerprint density at radius 2 is 1.83 bits per heavy atom. The number of hydrogen-bond acceptors (Lipinski definition) is 2. The second-order valence-electron chi connectivity index (χ2n) is 3.80. The van der Waals surface area contributed by atoms with Crippen molar-refractivity contribution >= 4 is 23.5 Å². The van der Waals surface area contributed by atoms with Crippen molar-refractivity contribution in [1.29, 1.82) is 0 Å². The minimum atomic E-state index is -0.102. The van der Waals surface area contributed by atoms with Gasteiger partial charge in [-0.2, -0.15) is 0 Å². The van der Waals surface area contributed by atoms with Gasteiger partial charge in [0.2, 0.25) is 0 Å². The first kappa shape index (κ1) is 12.4. The van der Waals surface area contributed by atoms with Crippen LogP contribution in [-0.4, -0.2) is 10.9 Å². The van der Waals surface area contributed by atoms with E-state index in [1.807, 2.05) is 6.07 Å². The zero-order chi connectivity index (χ0) is 13.0. The van der Waals surface area contributed by atoms with Crippen LogP contribution in [0.5, 0.6) is 5.75 Å². The van der Waals surface area contributed by atoms with Crippen LogP contribution in [0.25, 0.3) is 6.08 Å². The van der Waals surface area contributed by atoms with Gasteiger partial charge in [-0.05, 0) is 48.0 Å².